The second-order valence-corrected chi connectivity index (χ2v) is 5.44. The fourth-order valence-electron chi connectivity index (χ4n) is 2.59. The van der Waals surface area contributed by atoms with Gasteiger partial charge in [0.25, 0.3) is 0 Å². The average molecular weight is 278 g/mol. The van der Waals surface area contributed by atoms with Crippen LogP contribution in [0.15, 0.2) is 18.2 Å². The molecule has 112 valence electrons. The van der Waals surface area contributed by atoms with Gasteiger partial charge in [-0.05, 0) is 32.4 Å². The highest BCUT2D eigenvalue weighted by atomic mass is 16.5. The molecule has 0 bridgehead atoms. The quantitative estimate of drug-likeness (QED) is 0.767. The molecule has 1 aliphatic rings. The maximum absolute atomic E-state index is 10.3. The maximum Gasteiger partial charge on any atom is 0.122 e. The summed E-state index contributed by atoms with van der Waals surface area (Å²) in [6.07, 6.45) is 2.47. The normalized spacial score (nSPS) is 16.1. The van der Waals surface area contributed by atoms with Crippen molar-refractivity contribution in [3.05, 3.63) is 23.8 Å². The number of benzene rings is 1. The van der Waals surface area contributed by atoms with Crippen LogP contribution in [-0.4, -0.2) is 38.0 Å². The summed E-state index contributed by atoms with van der Waals surface area (Å²) in [5.74, 6) is 0.374. The van der Waals surface area contributed by atoms with Crippen LogP contribution < -0.4 is 10.2 Å². The minimum Gasteiger partial charge on any atom is -0.508 e. The summed E-state index contributed by atoms with van der Waals surface area (Å²) < 4.78 is 5.18. The van der Waals surface area contributed by atoms with E-state index in [9.17, 15) is 5.11 Å². The molecule has 0 heterocycles. The minimum absolute atomic E-state index is 0.169. The number of methoxy groups -OCH3 is 1. The van der Waals surface area contributed by atoms with E-state index in [-0.39, 0.29) is 6.04 Å². The summed E-state index contributed by atoms with van der Waals surface area (Å²) in [6, 6.07) is 6.80. The predicted molar refractivity (Wildman–Crippen MR) is 82.4 cm³/mol. The van der Waals surface area contributed by atoms with E-state index in [0.717, 1.165) is 24.3 Å². The number of rotatable bonds is 8. The third-order valence-electron chi connectivity index (χ3n) is 3.85. The lowest BCUT2D eigenvalue weighted by atomic mass is 10.1. The molecule has 1 saturated carbocycles. The van der Waals surface area contributed by atoms with Gasteiger partial charge >= 0.3 is 0 Å². The van der Waals surface area contributed by atoms with E-state index in [1.165, 1.54) is 12.8 Å². The molecule has 4 nitrogen and oxygen atoms in total. The van der Waals surface area contributed by atoms with E-state index in [1.54, 1.807) is 7.11 Å². The smallest absolute Gasteiger partial charge is 0.122 e. The molecule has 2 N–H and O–H groups in total. The number of phenolic OH excluding ortho intramolecular Hbond substituents is 1. The van der Waals surface area contributed by atoms with Gasteiger partial charge in [0.1, 0.15) is 5.75 Å². The molecule has 0 spiro atoms. The monoisotopic (exact) mass is 278 g/mol. The van der Waals surface area contributed by atoms with Crippen LogP contribution in [-0.2, 0) is 4.74 Å². The summed E-state index contributed by atoms with van der Waals surface area (Å²) in [5, 5.41) is 13.6. The van der Waals surface area contributed by atoms with Gasteiger partial charge < -0.3 is 20.1 Å². The van der Waals surface area contributed by atoms with Crippen LogP contribution >= 0.6 is 0 Å². The Morgan fingerprint density at radius 3 is 2.75 bits per heavy atom. The summed E-state index contributed by atoms with van der Waals surface area (Å²) in [4.78, 5) is 2.34. The van der Waals surface area contributed by atoms with Gasteiger partial charge in [-0.1, -0.05) is 13.0 Å². The Bertz CT molecular complexity index is 432. The van der Waals surface area contributed by atoms with Crippen molar-refractivity contribution in [2.24, 2.45) is 0 Å². The Balaban J connectivity index is 2.13. The Labute approximate surface area is 121 Å². The van der Waals surface area contributed by atoms with Crippen molar-refractivity contribution >= 4 is 5.69 Å². The number of hydrogen-bond acceptors (Lipinski definition) is 4. The molecule has 1 aromatic rings. The topological polar surface area (TPSA) is 44.7 Å². The number of aromatic hydroxyl groups is 1. The molecule has 0 saturated heterocycles. The molecule has 1 aliphatic carbocycles. The largest absolute Gasteiger partial charge is 0.508 e. The molecule has 2 rings (SSSR count). The first-order valence-electron chi connectivity index (χ1n) is 7.49. The number of anilines is 1. The third-order valence-corrected chi connectivity index (χ3v) is 3.85. The van der Waals surface area contributed by atoms with E-state index in [0.29, 0.717) is 18.4 Å². The lowest BCUT2D eigenvalue weighted by molar-refractivity contribution is 0.205. The van der Waals surface area contributed by atoms with Crippen molar-refractivity contribution in [2.75, 3.05) is 31.7 Å². The molecular formula is C16H26N2O2. The van der Waals surface area contributed by atoms with Crippen LogP contribution in [0.25, 0.3) is 0 Å². The number of hydrogen-bond donors (Lipinski definition) is 2. The van der Waals surface area contributed by atoms with Crippen LogP contribution in [0.2, 0.25) is 0 Å². The van der Waals surface area contributed by atoms with Crippen molar-refractivity contribution in [1.29, 1.82) is 0 Å². The highest BCUT2D eigenvalue weighted by Crippen LogP contribution is 2.35. The molecule has 1 aromatic carbocycles. The first-order chi connectivity index (χ1) is 9.67. The second-order valence-electron chi connectivity index (χ2n) is 5.44. The van der Waals surface area contributed by atoms with Gasteiger partial charge in [0.05, 0.1) is 6.61 Å². The molecule has 1 unspecified atom stereocenters. The molecule has 0 amide bonds. The standard InChI is InChI=1S/C16H26N2O2/c1-4-17-12(2)15-8-7-14(11-16(15)19)18(9-10-20-3)13-5-6-13/h7-8,11-13,17,19H,4-6,9-10H2,1-3H3. The molecule has 0 aliphatic heterocycles. The lowest BCUT2D eigenvalue weighted by Gasteiger charge is -2.25. The number of nitrogens with zero attached hydrogens (tertiary/aromatic N) is 1. The fraction of sp³-hybridized carbons (Fsp3) is 0.625. The van der Waals surface area contributed by atoms with Crippen LogP contribution in [0.1, 0.15) is 38.3 Å². The molecule has 0 aromatic heterocycles. The first kappa shape index (κ1) is 15.1. The second kappa shape index (κ2) is 6.95. The van der Waals surface area contributed by atoms with E-state index >= 15 is 0 Å². The van der Waals surface area contributed by atoms with Crippen LogP contribution in [0.4, 0.5) is 5.69 Å². The van der Waals surface area contributed by atoms with Gasteiger partial charge in [-0.2, -0.15) is 0 Å². The molecule has 1 atom stereocenters. The molecule has 4 heteroatoms. The fourth-order valence-corrected chi connectivity index (χ4v) is 2.59. The Morgan fingerprint density at radius 2 is 2.20 bits per heavy atom. The molecular weight excluding hydrogens is 252 g/mol. The Kier molecular flexibility index (Phi) is 5.26. The summed E-state index contributed by atoms with van der Waals surface area (Å²) in [5.41, 5.74) is 2.05. The zero-order valence-electron chi connectivity index (χ0n) is 12.7. The summed E-state index contributed by atoms with van der Waals surface area (Å²) >= 11 is 0. The lowest BCUT2D eigenvalue weighted by Crippen LogP contribution is -2.29. The number of ether oxygens (including phenoxy) is 1. The Morgan fingerprint density at radius 1 is 1.45 bits per heavy atom. The van der Waals surface area contributed by atoms with Gasteiger partial charge in [-0.3, -0.25) is 0 Å². The highest BCUT2D eigenvalue weighted by molar-refractivity contribution is 5.55. The van der Waals surface area contributed by atoms with Crippen LogP contribution in [0.5, 0.6) is 5.75 Å². The van der Waals surface area contributed by atoms with Gasteiger partial charge in [0, 0.05) is 43.1 Å². The Hall–Kier alpha value is -1.26. The van der Waals surface area contributed by atoms with E-state index < -0.39 is 0 Å². The van der Waals surface area contributed by atoms with Gasteiger partial charge in [-0.15, -0.1) is 0 Å². The zero-order chi connectivity index (χ0) is 14.5. The van der Waals surface area contributed by atoms with Gasteiger partial charge in [0.15, 0.2) is 0 Å². The number of nitrogens with one attached hydrogen (secondary N) is 1. The van der Waals surface area contributed by atoms with E-state index in [4.69, 9.17) is 4.74 Å². The van der Waals surface area contributed by atoms with Gasteiger partial charge in [0.2, 0.25) is 0 Å². The van der Waals surface area contributed by atoms with Crippen molar-refractivity contribution < 1.29 is 9.84 Å². The van der Waals surface area contributed by atoms with Crippen molar-refractivity contribution in [2.45, 2.75) is 38.8 Å². The molecule has 20 heavy (non-hydrogen) atoms. The van der Waals surface area contributed by atoms with E-state index in [2.05, 4.69) is 30.1 Å². The SMILES string of the molecule is CCNC(C)c1ccc(N(CCOC)C2CC2)cc1O. The van der Waals surface area contributed by atoms with E-state index in [1.807, 2.05) is 12.1 Å². The minimum atomic E-state index is 0.169. The van der Waals surface area contributed by atoms with Gasteiger partial charge in [-0.25, -0.2) is 0 Å². The van der Waals surface area contributed by atoms with Crippen molar-refractivity contribution in [1.82, 2.24) is 5.32 Å². The maximum atomic E-state index is 10.3. The van der Waals surface area contributed by atoms with Crippen molar-refractivity contribution in [3.8, 4) is 5.75 Å². The average Bonchev–Trinajstić information content (AvgIpc) is 3.24. The van der Waals surface area contributed by atoms with Crippen LogP contribution in [0.3, 0.4) is 0 Å². The van der Waals surface area contributed by atoms with Crippen LogP contribution in [0, 0.1) is 0 Å². The number of phenols is 1. The molecule has 0 radical (unpaired) electrons. The first-order valence-corrected chi connectivity index (χ1v) is 7.49. The predicted octanol–water partition coefficient (Wildman–Crippen LogP) is 2.68. The highest BCUT2D eigenvalue weighted by Gasteiger charge is 2.29. The summed E-state index contributed by atoms with van der Waals surface area (Å²) in [6.45, 7) is 6.63. The molecule has 1 fully saturated rings. The third kappa shape index (κ3) is 3.64. The zero-order valence-corrected chi connectivity index (χ0v) is 12.7. The summed E-state index contributed by atoms with van der Waals surface area (Å²) in [7, 11) is 1.73. The van der Waals surface area contributed by atoms with Crippen molar-refractivity contribution in [3.63, 3.8) is 0 Å².